The normalized spacial score (nSPS) is 11.2. The van der Waals surface area contributed by atoms with Crippen LogP contribution in [0, 0.1) is 6.92 Å². The van der Waals surface area contributed by atoms with Crippen molar-refractivity contribution in [2.24, 2.45) is 0 Å². The van der Waals surface area contributed by atoms with Gasteiger partial charge in [-0.3, -0.25) is 10.1 Å². The fourth-order valence-electron chi connectivity index (χ4n) is 3.37. The molecule has 1 heterocycles. The number of sulfone groups is 1. The minimum Gasteiger partial charge on any atom is -0.490 e. The predicted octanol–water partition coefficient (Wildman–Crippen LogP) is 4.43. The minimum absolute atomic E-state index is 0.0190. The van der Waals surface area contributed by atoms with Gasteiger partial charge in [-0.1, -0.05) is 22.8 Å². The van der Waals surface area contributed by atoms with Gasteiger partial charge in [0.25, 0.3) is 0 Å². The molecule has 0 saturated carbocycles. The number of rotatable bonds is 13. The van der Waals surface area contributed by atoms with E-state index in [1.807, 2.05) is 27.7 Å². The highest BCUT2D eigenvalue weighted by atomic mass is 32.2. The zero-order valence-electron chi connectivity index (χ0n) is 20.9. The fraction of sp³-hybridized carbons (Fsp3) is 0.400. The van der Waals surface area contributed by atoms with Gasteiger partial charge in [0, 0.05) is 12.0 Å². The van der Waals surface area contributed by atoms with Gasteiger partial charge in [0.05, 0.1) is 30.5 Å². The zero-order valence-corrected chi connectivity index (χ0v) is 21.7. The Morgan fingerprint density at radius 1 is 0.944 bits per heavy atom. The molecule has 1 aromatic heterocycles. The predicted molar refractivity (Wildman–Crippen MR) is 134 cm³/mol. The Morgan fingerprint density at radius 3 is 2.14 bits per heavy atom. The van der Waals surface area contributed by atoms with Crippen molar-refractivity contribution in [3.63, 3.8) is 0 Å². The summed E-state index contributed by atoms with van der Waals surface area (Å²) in [6.45, 7) is 8.73. The summed E-state index contributed by atoms with van der Waals surface area (Å²) in [7, 11) is -3.47. The van der Waals surface area contributed by atoms with Gasteiger partial charge in [-0.2, -0.15) is 0 Å². The first-order valence-corrected chi connectivity index (χ1v) is 13.4. The zero-order chi connectivity index (χ0) is 26.1. The van der Waals surface area contributed by atoms with Crippen molar-refractivity contribution < 1.29 is 31.8 Å². The molecule has 1 N–H and O–H groups in total. The third-order valence-corrected chi connectivity index (χ3v) is 6.84. The summed E-state index contributed by atoms with van der Waals surface area (Å²) in [5.41, 5.74) is 1.50. The number of carbonyl (C=O) groups excluding carboxylic acids is 1. The van der Waals surface area contributed by atoms with E-state index in [9.17, 15) is 13.2 Å². The molecule has 3 aromatic rings. The largest absolute Gasteiger partial charge is 0.490 e. The van der Waals surface area contributed by atoms with E-state index < -0.39 is 15.7 Å². The number of benzene rings is 2. The number of nitrogens with zero attached hydrogens (tertiary/aromatic N) is 2. The summed E-state index contributed by atoms with van der Waals surface area (Å²) in [4.78, 5) is 12.6. The van der Waals surface area contributed by atoms with Gasteiger partial charge in [-0.15, -0.1) is 5.10 Å². The lowest BCUT2D eigenvalue weighted by molar-refractivity contribution is -0.116. The van der Waals surface area contributed by atoms with E-state index in [0.717, 1.165) is 5.56 Å². The fourth-order valence-corrected chi connectivity index (χ4v) is 4.68. The van der Waals surface area contributed by atoms with Gasteiger partial charge in [0.1, 0.15) is 0 Å². The molecule has 1 amide bonds. The molecule has 0 radical (unpaired) electrons. The van der Waals surface area contributed by atoms with Crippen LogP contribution in [0.25, 0.3) is 11.5 Å². The third-order valence-electron chi connectivity index (χ3n) is 5.02. The Kier molecular flexibility index (Phi) is 9.29. The smallest absolute Gasteiger partial charge is 0.322 e. The quantitative estimate of drug-likeness (QED) is 0.350. The second-order valence-electron chi connectivity index (χ2n) is 7.80. The number of hydrogen-bond donors (Lipinski definition) is 1. The Balaban J connectivity index is 1.66. The van der Waals surface area contributed by atoms with Crippen LogP contribution in [0.1, 0.15) is 39.2 Å². The number of amides is 1. The Bertz CT molecular complexity index is 1240. The molecule has 11 heteroatoms. The van der Waals surface area contributed by atoms with E-state index >= 15 is 0 Å². The van der Waals surface area contributed by atoms with Gasteiger partial charge in [-0.25, -0.2) is 8.42 Å². The average Bonchev–Trinajstić information content (AvgIpc) is 3.30. The van der Waals surface area contributed by atoms with Gasteiger partial charge in [0.2, 0.25) is 17.5 Å². The lowest BCUT2D eigenvalue weighted by atomic mass is 10.2. The summed E-state index contributed by atoms with van der Waals surface area (Å²) < 4.78 is 47.6. The van der Waals surface area contributed by atoms with Crippen molar-refractivity contribution in [3.8, 4) is 28.7 Å². The second kappa shape index (κ2) is 12.4. The van der Waals surface area contributed by atoms with Crippen molar-refractivity contribution in [2.75, 3.05) is 30.9 Å². The van der Waals surface area contributed by atoms with E-state index in [1.165, 1.54) is 0 Å². The van der Waals surface area contributed by atoms with E-state index in [2.05, 4.69) is 15.5 Å². The highest BCUT2D eigenvalue weighted by Crippen LogP contribution is 2.41. The summed E-state index contributed by atoms with van der Waals surface area (Å²) in [6, 6.07) is 9.93. The number of aromatic nitrogens is 2. The van der Waals surface area contributed by atoms with Crippen molar-refractivity contribution >= 4 is 21.8 Å². The maximum atomic E-state index is 12.5. The van der Waals surface area contributed by atoms with Crippen LogP contribution >= 0.6 is 0 Å². The highest BCUT2D eigenvalue weighted by Gasteiger charge is 2.20. The van der Waals surface area contributed by atoms with E-state index in [-0.39, 0.29) is 35.4 Å². The molecule has 0 aliphatic carbocycles. The summed E-state index contributed by atoms with van der Waals surface area (Å²) in [6.07, 6.45) is 0.131. The number of hydrogen-bond acceptors (Lipinski definition) is 9. The standard InChI is InChI=1S/C25H31N3O7S/c1-5-32-20-15-18(16-21(33-6-2)23(20)34-7-3)24-27-28-25(35-24)26-22(29)9-8-14-36(30,31)19-12-10-17(4)11-13-19/h10-13,15-16H,5-9,14H2,1-4H3,(H,26,28,29). The maximum Gasteiger partial charge on any atom is 0.322 e. The first-order valence-electron chi connectivity index (χ1n) is 11.8. The molecule has 10 nitrogen and oxygen atoms in total. The van der Waals surface area contributed by atoms with Crippen molar-refractivity contribution in [2.45, 2.75) is 45.4 Å². The van der Waals surface area contributed by atoms with Crippen LogP contribution in [0.4, 0.5) is 6.01 Å². The Labute approximate surface area is 210 Å². The van der Waals surface area contributed by atoms with Gasteiger partial charge >= 0.3 is 6.01 Å². The summed E-state index contributed by atoms with van der Waals surface area (Å²) in [5.74, 6) is 1.00. The number of nitrogens with one attached hydrogen (secondary N) is 1. The van der Waals surface area contributed by atoms with E-state index in [4.69, 9.17) is 18.6 Å². The Hall–Kier alpha value is -3.60. The monoisotopic (exact) mass is 517 g/mol. The molecule has 0 unspecified atom stereocenters. The van der Waals surface area contributed by atoms with Crippen LogP contribution in [-0.2, 0) is 14.6 Å². The molecule has 3 rings (SSSR count). The second-order valence-corrected chi connectivity index (χ2v) is 9.91. The molecular formula is C25H31N3O7S. The topological polar surface area (TPSA) is 130 Å². The molecule has 0 aliphatic rings. The SMILES string of the molecule is CCOc1cc(-c2nnc(NC(=O)CCCS(=O)(=O)c3ccc(C)cc3)o2)cc(OCC)c1OCC. The first-order chi connectivity index (χ1) is 17.3. The van der Waals surface area contributed by atoms with Crippen molar-refractivity contribution in [1.82, 2.24) is 10.2 Å². The lowest BCUT2D eigenvalue weighted by Crippen LogP contribution is -2.14. The molecule has 0 saturated heterocycles. The third kappa shape index (κ3) is 6.97. The van der Waals surface area contributed by atoms with Crippen molar-refractivity contribution in [3.05, 3.63) is 42.0 Å². The van der Waals surface area contributed by atoms with Gasteiger partial charge in [-0.05, 0) is 58.4 Å². The maximum absolute atomic E-state index is 12.5. The Morgan fingerprint density at radius 2 is 1.56 bits per heavy atom. The molecule has 36 heavy (non-hydrogen) atoms. The average molecular weight is 518 g/mol. The van der Waals surface area contributed by atoms with E-state index in [0.29, 0.717) is 42.6 Å². The van der Waals surface area contributed by atoms with Crippen LogP contribution in [0.15, 0.2) is 45.7 Å². The number of ether oxygens (including phenoxy) is 3. The van der Waals surface area contributed by atoms with Crippen LogP contribution in [0.3, 0.4) is 0 Å². The minimum atomic E-state index is -3.47. The molecular weight excluding hydrogens is 486 g/mol. The van der Waals surface area contributed by atoms with Crippen molar-refractivity contribution in [1.29, 1.82) is 0 Å². The number of carbonyl (C=O) groups is 1. The first kappa shape index (κ1) is 27.0. The summed E-state index contributed by atoms with van der Waals surface area (Å²) >= 11 is 0. The van der Waals surface area contributed by atoms with Crippen LogP contribution in [0.5, 0.6) is 17.2 Å². The summed E-state index contributed by atoms with van der Waals surface area (Å²) in [5, 5.41) is 10.4. The van der Waals surface area contributed by atoms with Gasteiger partial charge < -0.3 is 18.6 Å². The van der Waals surface area contributed by atoms with Gasteiger partial charge in [0.15, 0.2) is 21.3 Å². The van der Waals surface area contributed by atoms with Crippen LogP contribution in [0.2, 0.25) is 0 Å². The molecule has 0 aliphatic heterocycles. The van der Waals surface area contributed by atoms with Crippen LogP contribution in [-0.4, -0.2) is 50.1 Å². The molecule has 194 valence electrons. The van der Waals surface area contributed by atoms with E-state index in [1.54, 1.807) is 36.4 Å². The molecule has 2 aromatic carbocycles. The molecule has 0 spiro atoms. The molecule has 0 fully saturated rings. The number of anilines is 1. The molecule has 0 bridgehead atoms. The van der Waals surface area contributed by atoms with Crippen LogP contribution < -0.4 is 19.5 Å². The highest BCUT2D eigenvalue weighted by molar-refractivity contribution is 7.91. The molecule has 0 atom stereocenters. The number of aryl methyl sites for hydroxylation is 1. The lowest BCUT2D eigenvalue weighted by Gasteiger charge is -2.16.